The molecule has 134 valence electrons. The molecule has 0 spiro atoms. The number of rotatable bonds is 7. The van der Waals surface area contributed by atoms with E-state index in [1.165, 1.54) is 27.4 Å². The van der Waals surface area contributed by atoms with Crippen LogP contribution < -0.4 is 19.3 Å². The Morgan fingerprint density at radius 1 is 1.16 bits per heavy atom. The van der Waals surface area contributed by atoms with Crippen molar-refractivity contribution in [2.45, 2.75) is 6.42 Å². The first kappa shape index (κ1) is 18.7. The molecule has 0 radical (unpaired) electrons. The number of carbonyl (C=O) groups excluding carboxylic acids is 3. The third kappa shape index (κ3) is 4.05. The monoisotopic (exact) mass is 366 g/mol. The molecule has 2 amide bonds. The molecule has 1 saturated heterocycles. The predicted octanol–water partition coefficient (Wildman–Crippen LogP) is 0.889. The first-order chi connectivity index (χ1) is 11.9. The van der Waals surface area contributed by atoms with Crippen molar-refractivity contribution in [3.05, 3.63) is 22.6 Å². The summed E-state index contributed by atoms with van der Waals surface area (Å²) in [6.07, 6.45) is 1.10. The van der Waals surface area contributed by atoms with Crippen LogP contribution in [0.25, 0.3) is 6.08 Å². The topological polar surface area (TPSA) is 105 Å². The molecule has 8 nitrogen and oxygen atoms in total. The lowest BCUT2D eigenvalue weighted by atomic mass is 10.1. The highest BCUT2D eigenvalue weighted by Gasteiger charge is 2.34. The summed E-state index contributed by atoms with van der Waals surface area (Å²) in [4.78, 5) is 35.7. The molecule has 0 aromatic heterocycles. The van der Waals surface area contributed by atoms with Crippen molar-refractivity contribution in [2.24, 2.45) is 0 Å². The Kier molecular flexibility index (Phi) is 5.92. The molecule has 1 aliphatic heterocycles. The molecule has 1 aliphatic rings. The van der Waals surface area contributed by atoms with Crippen LogP contribution in [0.3, 0.4) is 0 Å². The zero-order valence-electron chi connectivity index (χ0n) is 13.9. The molecule has 0 bridgehead atoms. The summed E-state index contributed by atoms with van der Waals surface area (Å²) < 4.78 is 15.7. The van der Waals surface area contributed by atoms with E-state index >= 15 is 0 Å². The van der Waals surface area contributed by atoms with Gasteiger partial charge in [-0.25, -0.2) is 0 Å². The number of thioether (sulfide) groups is 1. The van der Waals surface area contributed by atoms with Crippen molar-refractivity contribution in [2.75, 3.05) is 27.9 Å². The van der Waals surface area contributed by atoms with E-state index in [4.69, 9.17) is 14.2 Å². The SMILES string of the molecule is COc1cc(/C=C2\SC(=O)N(CCC(=O)[O-])C2=O)cc(OC)c1OC. The van der Waals surface area contributed by atoms with Gasteiger partial charge in [0.1, 0.15) is 0 Å². The van der Waals surface area contributed by atoms with E-state index in [2.05, 4.69) is 0 Å². The summed E-state index contributed by atoms with van der Waals surface area (Å²) in [5.74, 6) is -0.657. The average Bonchev–Trinajstić information content (AvgIpc) is 2.85. The predicted molar refractivity (Wildman–Crippen MR) is 88.4 cm³/mol. The second kappa shape index (κ2) is 7.93. The lowest BCUT2D eigenvalue weighted by Gasteiger charge is -2.13. The zero-order valence-corrected chi connectivity index (χ0v) is 14.7. The summed E-state index contributed by atoms with van der Waals surface area (Å²) in [5, 5.41) is 10.00. The molecule has 1 fully saturated rings. The van der Waals surface area contributed by atoms with Crippen molar-refractivity contribution in [3.8, 4) is 17.2 Å². The Bertz CT molecular complexity index is 719. The van der Waals surface area contributed by atoms with E-state index in [1.807, 2.05) is 0 Å². The Hall–Kier alpha value is -2.68. The first-order valence-corrected chi connectivity index (χ1v) is 7.98. The minimum absolute atomic E-state index is 0.178. The lowest BCUT2D eigenvalue weighted by molar-refractivity contribution is -0.305. The van der Waals surface area contributed by atoms with Crippen LogP contribution in [0.4, 0.5) is 4.79 Å². The van der Waals surface area contributed by atoms with E-state index in [9.17, 15) is 19.5 Å². The number of amides is 2. The third-order valence-corrected chi connectivity index (χ3v) is 4.31. The maximum Gasteiger partial charge on any atom is 0.293 e. The van der Waals surface area contributed by atoms with Crippen LogP contribution in [0.2, 0.25) is 0 Å². The Morgan fingerprint density at radius 2 is 1.76 bits per heavy atom. The number of benzene rings is 1. The first-order valence-electron chi connectivity index (χ1n) is 7.16. The minimum atomic E-state index is -1.33. The largest absolute Gasteiger partial charge is 0.550 e. The van der Waals surface area contributed by atoms with Crippen molar-refractivity contribution in [1.82, 2.24) is 4.90 Å². The maximum atomic E-state index is 12.3. The molecule has 0 N–H and O–H groups in total. The van der Waals surface area contributed by atoms with Crippen molar-refractivity contribution >= 4 is 35.0 Å². The molecule has 2 rings (SSSR count). The van der Waals surface area contributed by atoms with Gasteiger partial charge in [0.2, 0.25) is 5.75 Å². The quantitative estimate of drug-likeness (QED) is 0.655. The van der Waals surface area contributed by atoms with Gasteiger partial charge in [0.05, 0.1) is 26.2 Å². The van der Waals surface area contributed by atoms with Crippen LogP contribution in [0.5, 0.6) is 17.2 Å². The van der Waals surface area contributed by atoms with Gasteiger partial charge in [0, 0.05) is 18.9 Å². The molecule has 9 heteroatoms. The van der Waals surface area contributed by atoms with Gasteiger partial charge in [0.25, 0.3) is 11.1 Å². The standard InChI is InChI=1S/C16H17NO7S/c1-22-10-6-9(7-11(23-2)14(10)24-3)8-12-15(20)17(16(21)25-12)5-4-13(18)19/h6-8H,4-5H2,1-3H3,(H,18,19)/p-1/b12-8-. The van der Waals surface area contributed by atoms with Crippen molar-refractivity contribution in [3.63, 3.8) is 0 Å². The highest BCUT2D eigenvalue weighted by Crippen LogP contribution is 2.40. The van der Waals surface area contributed by atoms with Gasteiger partial charge < -0.3 is 24.1 Å². The van der Waals surface area contributed by atoms with E-state index < -0.39 is 23.5 Å². The number of carboxylic acid groups (broad SMARTS) is 1. The molecule has 1 aromatic rings. The highest BCUT2D eigenvalue weighted by molar-refractivity contribution is 8.18. The Morgan fingerprint density at radius 3 is 2.24 bits per heavy atom. The fourth-order valence-corrected chi connectivity index (χ4v) is 3.10. The van der Waals surface area contributed by atoms with Crippen LogP contribution in [0, 0.1) is 0 Å². The molecule has 0 aliphatic carbocycles. The summed E-state index contributed by atoms with van der Waals surface area (Å²) in [5.41, 5.74) is 0.569. The number of aliphatic carboxylic acids is 1. The second-order valence-electron chi connectivity index (χ2n) is 4.91. The molecular weight excluding hydrogens is 350 g/mol. The van der Waals surface area contributed by atoms with Gasteiger partial charge in [-0.3, -0.25) is 14.5 Å². The van der Waals surface area contributed by atoms with Gasteiger partial charge >= 0.3 is 0 Å². The third-order valence-electron chi connectivity index (χ3n) is 3.40. The highest BCUT2D eigenvalue weighted by atomic mass is 32.2. The van der Waals surface area contributed by atoms with Gasteiger partial charge in [0.15, 0.2) is 11.5 Å². The summed E-state index contributed by atoms with van der Waals surface area (Å²) in [7, 11) is 4.41. The van der Waals surface area contributed by atoms with E-state index in [1.54, 1.807) is 12.1 Å². The molecule has 0 unspecified atom stereocenters. The molecule has 0 atom stereocenters. The van der Waals surface area contributed by atoms with Crippen LogP contribution in [0.1, 0.15) is 12.0 Å². The van der Waals surface area contributed by atoms with E-state index in [0.29, 0.717) is 22.8 Å². The maximum absolute atomic E-state index is 12.3. The molecule has 0 saturated carbocycles. The molecular formula is C16H16NO7S-. The smallest absolute Gasteiger partial charge is 0.293 e. The molecule has 1 aromatic carbocycles. The lowest BCUT2D eigenvalue weighted by Crippen LogP contribution is -2.33. The number of methoxy groups -OCH3 is 3. The average molecular weight is 366 g/mol. The fourth-order valence-electron chi connectivity index (χ4n) is 2.23. The van der Waals surface area contributed by atoms with Crippen LogP contribution >= 0.6 is 11.8 Å². The number of hydrogen-bond acceptors (Lipinski definition) is 8. The van der Waals surface area contributed by atoms with Gasteiger partial charge in [-0.1, -0.05) is 0 Å². The number of carboxylic acids is 1. The number of hydrogen-bond donors (Lipinski definition) is 0. The van der Waals surface area contributed by atoms with Gasteiger partial charge in [-0.2, -0.15) is 0 Å². The zero-order chi connectivity index (χ0) is 18.6. The van der Waals surface area contributed by atoms with Gasteiger partial charge in [-0.05, 0) is 35.5 Å². The van der Waals surface area contributed by atoms with Gasteiger partial charge in [-0.15, -0.1) is 0 Å². The Balaban J connectivity index is 2.32. The summed E-state index contributed by atoms with van der Waals surface area (Å²) in [6.45, 7) is -0.223. The van der Waals surface area contributed by atoms with Crippen LogP contribution in [-0.2, 0) is 9.59 Å². The normalized spacial score (nSPS) is 15.6. The Labute approximate surface area is 148 Å². The van der Waals surface area contributed by atoms with Crippen molar-refractivity contribution in [1.29, 1.82) is 0 Å². The van der Waals surface area contributed by atoms with Crippen LogP contribution in [0.15, 0.2) is 17.0 Å². The molecule has 25 heavy (non-hydrogen) atoms. The van der Waals surface area contributed by atoms with E-state index in [-0.39, 0.29) is 11.4 Å². The van der Waals surface area contributed by atoms with Crippen LogP contribution in [-0.4, -0.2) is 49.9 Å². The van der Waals surface area contributed by atoms with Crippen molar-refractivity contribution < 1.29 is 33.7 Å². The number of carbonyl (C=O) groups is 3. The summed E-state index contributed by atoms with van der Waals surface area (Å²) >= 11 is 0.737. The number of ether oxygens (including phenoxy) is 3. The summed E-state index contributed by atoms with van der Waals surface area (Å²) in [6, 6.07) is 3.27. The number of nitrogens with zero attached hydrogens (tertiary/aromatic N) is 1. The second-order valence-corrected chi connectivity index (χ2v) is 5.91. The minimum Gasteiger partial charge on any atom is -0.550 e. The number of imide groups is 1. The fraction of sp³-hybridized carbons (Fsp3) is 0.312. The van der Waals surface area contributed by atoms with E-state index in [0.717, 1.165) is 16.7 Å². The molecule has 1 heterocycles.